The van der Waals surface area contributed by atoms with Crippen LogP contribution in [0.2, 0.25) is 0 Å². The van der Waals surface area contributed by atoms with Gasteiger partial charge in [-0.1, -0.05) is 0 Å². The molecule has 0 saturated carbocycles. The van der Waals surface area contributed by atoms with E-state index in [1.807, 2.05) is 19.1 Å². The van der Waals surface area contributed by atoms with Crippen molar-refractivity contribution >= 4 is 54.9 Å². The van der Waals surface area contributed by atoms with E-state index in [0.717, 1.165) is 20.2 Å². The van der Waals surface area contributed by atoms with Crippen LogP contribution < -0.4 is 11.1 Å². The van der Waals surface area contributed by atoms with Crippen molar-refractivity contribution in [3.8, 4) is 0 Å². The summed E-state index contributed by atoms with van der Waals surface area (Å²) in [6.45, 7) is 2.01. The van der Waals surface area contributed by atoms with Crippen LogP contribution in [0.15, 0.2) is 21.1 Å². The van der Waals surface area contributed by atoms with Crippen LogP contribution in [0.1, 0.15) is 5.56 Å². The first-order valence-corrected chi connectivity index (χ1v) is 5.52. The van der Waals surface area contributed by atoms with Crippen LogP contribution in [0.4, 0.5) is 5.69 Å². The summed E-state index contributed by atoms with van der Waals surface area (Å²) < 4.78 is 1.87. The second-order valence-electron chi connectivity index (χ2n) is 2.59. The van der Waals surface area contributed by atoms with Crippen molar-refractivity contribution in [2.24, 2.45) is 5.73 Å². The molecule has 0 bridgehead atoms. The van der Waals surface area contributed by atoms with E-state index >= 15 is 0 Å². The van der Waals surface area contributed by atoms with E-state index in [1.165, 1.54) is 0 Å². The van der Waals surface area contributed by atoms with Crippen LogP contribution in [-0.4, -0.2) is 5.11 Å². The molecule has 0 aliphatic rings. The van der Waals surface area contributed by atoms with E-state index in [2.05, 4.69) is 37.2 Å². The van der Waals surface area contributed by atoms with Gasteiger partial charge in [-0.2, -0.15) is 0 Å². The van der Waals surface area contributed by atoms with Crippen LogP contribution in [0.25, 0.3) is 0 Å². The predicted octanol–water partition coefficient (Wildman–Crippen LogP) is 3.18. The normalized spacial score (nSPS) is 9.77. The van der Waals surface area contributed by atoms with E-state index in [-0.39, 0.29) is 5.11 Å². The first-order chi connectivity index (χ1) is 6.00. The molecule has 0 radical (unpaired) electrons. The molecule has 0 unspecified atom stereocenters. The fraction of sp³-hybridized carbons (Fsp3) is 0.125. The van der Waals surface area contributed by atoms with Crippen molar-refractivity contribution in [1.29, 1.82) is 0 Å². The molecule has 5 heteroatoms. The molecule has 1 aromatic carbocycles. The minimum Gasteiger partial charge on any atom is -0.376 e. The zero-order valence-corrected chi connectivity index (χ0v) is 10.9. The monoisotopic (exact) mass is 322 g/mol. The molecule has 3 N–H and O–H groups in total. The standard InChI is InChI=1S/C8H8Br2N2S/c1-4-2-5(9)7(6(10)3-4)12-8(11)13/h2-3H,1H3,(H3,11,12,13). The van der Waals surface area contributed by atoms with Gasteiger partial charge in [0.1, 0.15) is 0 Å². The Balaban J connectivity index is 3.13. The molecule has 0 heterocycles. The third-order valence-electron chi connectivity index (χ3n) is 1.43. The number of rotatable bonds is 1. The number of nitrogens with one attached hydrogen (secondary N) is 1. The van der Waals surface area contributed by atoms with Crippen LogP contribution >= 0.6 is 44.1 Å². The summed E-state index contributed by atoms with van der Waals surface area (Å²) in [5, 5.41) is 3.14. The molecular formula is C8H8Br2N2S. The summed E-state index contributed by atoms with van der Waals surface area (Å²) in [7, 11) is 0. The molecule has 0 aromatic heterocycles. The average molecular weight is 324 g/mol. The van der Waals surface area contributed by atoms with Gasteiger partial charge >= 0.3 is 0 Å². The Morgan fingerprint density at radius 2 is 1.85 bits per heavy atom. The molecule has 2 nitrogen and oxygen atoms in total. The fourth-order valence-electron chi connectivity index (χ4n) is 0.942. The van der Waals surface area contributed by atoms with E-state index in [0.29, 0.717) is 0 Å². The fourth-order valence-corrected chi connectivity index (χ4v) is 2.66. The highest BCUT2D eigenvalue weighted by Gasteiger charge is 2.05. The van der Waals surface area contributed by atoms with Gasteiger partial charge in [-0.05, 0) is 68.7 Å². The highest BCUT2D eigenvalue weighted by Crippen LogP contribution is 2.31. The maximum absolute atomic E-state index is 5.38. The molecule has 0 aliphatic heterocycles. The Hall–Kier alpha value is -0.130. The number of thiocarbonyl (C=S) groups is 1. The van der Waals surface area contributed by atoms with Crippen molar-refractivity contribution in [2.75, 3.05) is 5.32 Å². The molecule has 0 amide bonds. The smallest absolute Gasteiger partial charge is 0.168 e. The molecule has 0 saturated heterocycles. The zero-order chi connectivity index (χ0) is 10.0. The third-order valence-corrected chi connectivity index (χ3v) is 2.79. The number of halogens is 2. The number of benzene rings is 1. The Labute approximate surface area is 99.1 Å². The quantitative estimate of drug-likeness (QED) is 0.780. The van der Waals surface area contributed by atoms with Gasteiger partial charge in [-0.15, -0.1) is 0 Å². The lowest BCUT2D eigenvalue weighted by Crippen LogP contribution is -2.19. The van der Waals surface area contributed by atoms with Crippen molar-refractivity contribution in [3.63, 3.8) is 0 Å². The Bertz CT molecular complexity index is 329. The highest BCUT2D eigenvalue weighted by molar-refractivity contribution is 9.11. The molecule has 0 aliphatic carbocycles. The minimum absolute atomic E-state index is 0.255. The predicted molar refractivity (Wildman–Crippen MR) is 67.0 cm³/mol. The van der Waals surface area contributed by atoms with Crippen LogP contribution in [-0.2, 0) is 0 Å². The average Bonchev–Trinajstić information content (AvgIpc) is 1.96. The number of aryl methyl sites for hydroxylation is 1. The summed E-state index contributed by atoms with van der Waals surface area (Å²) in [6.07, 6.45) is 0. The molecule has 1 aromatic rings. The molecule has 13 heavy (non-hydrogen) atoms. The molecule has 0 atom stereocenters. The second kappa shape index (κ2) is 4.39. The van der Waals surface area contributed by atoms with Crippen molar-refractivity contribution in [3.05, 3.63) is 26.6 Å². The molecule has 0 spiro atoms. The topological polar surface area (TPSA) is 38.0 Å². The second-order valence-corrected chi connectivity index (χ2v) is 4.74. The summed E-state index contributed by atoms with van der Waals surface area (Å²) >= 11 is 11.6. The van der Waals surface area contributed by atoms with Gasteiger partial charge in [0.25, 0.3) is 0 Å². The van der Waals surface area contributed by atoms with Gasteiger partial charge in [0.2, 0.25) is 0 Å². The molecule has 0 fully saturated rings. The van der Waals surface area contributed by atoms with Gasteiger partial charge in [0.05, 0.1) is 5.69 Å². The van der Waals surface area contributed by atoms with Crippen LogP contribution in [0.3, 0.4) is 0 Å². The SMILES string of the molecule is Cc1cc(Br)c(NC(N)=S)c(Br)c1. The first-order valence-electron chi connectivity index (χ1n) is 3.53. The summed E-state index contributed by atoms with van der Waals surface area (Å²) in [5.74, 6) is 0. The minimum atomic E-state index is 0.255. The Morgan fingerprint density at radius 3 is 2.23 bits per heavy atom. The van der Waals surface area contributed by atoms with E-state index in [1.54, 1.807) is 0 Å². The lowest BCUT2D eigenvalue weighted by molar-refractivity contribution is 1.42. The van der Waals surface area contributed by atoms with E-state index in [9.17, 15) is 0 Å². The highest BCUT2D eigenvalue weighted by atomic mass is 79.9. The van der Waals surface area contributed by atoms with Crippen LogP contribution in [0, 0.1) is 6.92 Å². The van der Waals surface area contributed by atoms with Crippen molar-refractivity contribution in [2.45, 2.75) is 6.92 Å². The largest absolute Gasteiger partial charge is 0.376 e. The van der Waals surface area contributed by atoms with Gasteiger partial charge in [0, 0.05) is 8.95 Å². The Kier molecular flexibility index (Phi) is 3.70. The van der Waals surface area contributed by atoms with E-state index in [4.69, 9.17) is 18.0 Å². The number of nitrogens with two attached hydrogens (primary N) is 1. The van der Waals surface area contributed by atoms with Crippen molar-refractivity contribution < 1.29 is 0 Å². The van der Waals surface area contributed by atoms with E-state index < -0.39 is 0 Å². The number of hydrogen-bond donors (Lipinski definition) is 2. The van der Waals surface area contributed by atoms with Gasteiger partial charge in [0.15, 0.2) is 5.11 Å². The Morgan fingerprint density at radius 1 is 1.38 bits per heavy atom. The summed E-state index contributed by atoms with van der Waals surface area (Å²) in [5.41, 5.74) is 7.40. The third kappa shape index (κ3) is 2.93. The van der Waals surface area contributed by atoms with Crippen molar-refractivity contribution in [1.82, 2.24) is 0 Å². The molecule has 1 rings (SSSR count). The maximum Gasteiger partial charge on any atom is 0.168 e. The lowest BCUT2D eigenvalue weighted by Gasteiger charge is -2.09. The lowest BCUT2D eigenvalue weighted by atomic mass is 10.2. The summed E-state index contributed by atoms with van der Waals surface area (Å²) in [4.78, 5) is 0. The van der Waals surface area contributed by atoms with Gasteiger partial charge < -0.3 is 11.1 Å². The van der Waals surface area contributed by atoms with Gasteiger partial charge in [-0.3, -0.25) is 0 Å². The zero-order valence-electron chi connectivity index (χ0n) is 6.90. The number of hydrogen-bond acceptors (Lipinski definition) is 1. The maximum atomic E-state index is 5.38. The summed E-state index contributed by atoms with van der Waals surface area (Å²) in [6, 6.07) is 3.98. The van der Waals surface area contributed by atoms with Crippen LogP contribution in [0.5, 0.6) is 0 Å². The number of anilines is 1. The van der Waals surface area contributed by atoms with Gasteiger partial charge in [-0.25, -0.2) is 0 Å². The first kappa shape index (κ1) is 10.9. The molecule has 70 valence electrons. The molecular weight excluding hydrogens is 316 g/mol.